The van der Waals surface area contributed by atoms with Gasteiger partial charge in [-0.05, 0) is 12.5 Å². The molecular formula is C18H21N5O3S. The van der Waals surface area contributed by atoms with Crippen LogP contribution < -0.4 is 5.73 Å². The smallest absolute Gasteiger partial charge is 0.167 e. The fraction of sp³-hybridized carbons (Fsp3) is 0.389. The lowest BCUT2D eigenvalue weighted by Gasteiger charge is -2.18. The largest absolute Gasteiger partial charge is 0.387 e. The summed E-state index contributed by atoms with van der Waals surface area (Å²) in [5.41, 5.74) is 7.92. The van der Waals surface area contributed by atoms with E-state index in [0.29, 0.717) is 16.9 Å². The van der Waals surface area contributed by atoms with Gasteiger partial charge in [0, 0.05) is 11.0 Å². The molecule has 0 bridgehead atoms. The normalized spacial score (nSPS) is 26.5. The van der Waals surface area contributed by atoms with Crippen molar-refractivity contribution in [1.29, 1.82) is 0 Å². The Morgan fingerprint density at radius 1 is 1.19 bits per heavy atom. The van der Waals surface area contributed by atoms with Crippen LogP contribution >= 0.6 is 11.8 Å². The van der Waals surface area contributed by atoms with Gasteiger partial charge in [-0.1, -0.05) is 30.3 Å². The van der Waals surface area contributed by atoms with Gasteiger partial charge in [0.2, 0.25) is 0 Å². The van der Waals surface area contributed by atoms with E-state index in [1.165, 1.54) is 18.2 Å². The number of aliphatic hydroxyl groups excluding tert-OH is 2. The SMILES string of the molecule is CC(SC[C@H]1O[C@@H](n2cnc3c(N)ncnc32)[C@H](O)C1O)c1ccccc1. The minimum atomic E-state index is -1.09. The Hall–Kier alpha value is -2.20. The zero-order valence-electron chi connectivity index (χ0n) is 14.7. The number of fused-ring (bicyclic) bond motifs is 1. The third-order valence-corrected chi connectivity index (χ3v) is 6.07. The molecule has 9 heteroatoms. The Kier molecular flexibility index (Phi) is 5.00. The molecule has 1 aromatic carbocycles. The van der Waals surface area contributed by atoms with Crippen molar-refractivity contribution < 1.29 is 14.9 Å². The van der Waals surface area contributed by atoms with Gasteiger partial charge in [0.1, 0.15) is 24.1 Å². The molecule has 2 unspecified atom stereocenters. The molecule has 3 heterocycles. The fourth-order valence-corrected chi connectivity index (χ4v) is 4.32. The monoisotopic (exact) mass is 387 g/mol. The molecule has 1 fully saturated rings. The summed E-state index contributed by atoms with van der Waals surface area (Å²) >= 11 is 1.67. The van der Waals surface area contributed by atoms with E-state index in [1.807, 2.05) is 18.2 Å². The lowest BCUT2D eigenvalue weighted by molar-refractivity contribution is -0.0289. The Morgan fingerprint density at radius 2 is 1.96 bits per heavy atom. The number of thioether (sulfide) groups is 1. The van der Waals surface area contributed by atoms with Crippen LogP contribution in [0.5, 0.6) is 0 Å². The first-order valence-electron chi connectivity index (χ1n) is 8.67. The number of imidazole rings is 1. The summed E-state index contributed by atoms with van der Waals surface area (Å²) in [5, 5.41) is 21.2. The van der Waals surface area contributed by atoms with E-state index >= 15 is 0 Å². The molecular weight excluding hydrogens is 366 g/mol. The van der Waals surface area contributed by atoms with E-state index in [9.17, 15) is 10.2 Å². The van der Waals surface area contributed by atoms with E-state index in [1.54, 1.807) is 16.3 Å². The molecule has 0 radical (unpaired) electrons. The highest BCUT2D eigenvalue weighted by Gasteiger charge is 2.44. The van der Waals surface area contributed by atoms with Crippen molar-refractivity contribution >= 4 is 28.7 Å². The molecule has 1 aliphatic heterocycles. The van der Waals surface area contributed by atoms with Crippen LogP contribution in [0.2, 0.25) is 0 Å². The second-order valence-corrected chi connectivity index (χ2v) is 7.89. The van der Waals surface area contributed by atoms with Crippen molar-refractivity contribution in [1.82, 2.24) is 19.5 Å². The van der Waals surface area contributed by atoms with Crippen molar-refractivity contribution in [3.63, 3.8) is 0 Å². The molecule has 0 saturated carbocycles. The Labute approximate surface area is 160 Å². The number of nitrogens with two attached hydrogens (primary N) is 1. The van der Waals surface area contributed by atoms with Crippen molar-refractivity contribution in [3.05, 3.63) is 48.5 Å². The first-order chi connectivity index (χ1) is 13.1. The molecule has 2 aromatic heterocycles. The second kappa shape index (κ2) is 7.43. The van der Waals surface area contributed by atoms with Gasteiger partial charge in [-0.15, -0.1) is 0 Å². The first kappa shape index (κ1) is 18.2. The Morgan fingerprint density at radius 3 is 2.74 bits per heavy atom. The standard InChI is InChI=1S/C18H21N5O3S/c1-10(11-5-3-2-4-6-11)27-7-12-14(24)15(25)18(26-12)23-9-22-13-16(19)20-8-21-17(13)23/h2-6,8-10,12,14-15,18,24-25H,7H2,1H3,(H2,19,20,21)/t10?,12-,14?,15-,18-/m1/s1. The van der Waals surface area contributed by atoms with Gasteiger partial charge < -0.3 is 20.7 Å². The van der Waals surface area contributed by atoms with Gasteiger partial charge in [0.15, 0.2) is 17.7 Å². The van der Waals surface area contributed by atoms with Gasteiger partial charge in [0.05, 0.1) is 12.4 Å². The maximum atomic E-state index is 10.5. The molecule has 8 nitrogen and oxygen atoms in total. The van der Waals surface area contributed by atoms with Crippen LogP contribution in [-0.4, -0.2) is 53.8 Å². The molecule has 5 atom stereocenters. The summed E-state index contributed by atoms with van der Waals surface area (Å²) in [5.74, 6) is 0.810. The van der Waals surface area contributed by atoms with Crippen LogP contribution in [0, 0.1) is 0 Å². The average Bonchev–Trinajstić information content (AvgIpc) is 3.23. The molecule has 142 valence electrons. The van der Waals surface area contributed by atoms with Gasteiger partial charge in [-0.2, -0.15) is 11.8 Å². The maximum absolute atomic E-state index is 10.5. The highest BCUT2D eigenvalue weighted by molar-refractivity contribution is 7.99. The summed E-state index contributed by atoms with van der Waals surface area (Å²) in [6.45, 7) is 2.11. The van der Waals surface area contributed by atoms with Crippen LogP contribution in [0.1, 0.15) is 24.0 Å². The van der Waals surface area contributed by atoms with Crippen LogP contribution in [0.25, 0.3) is 11.2 Å². The van der Waals surface area contributed by atoms with Crippen LogP contribution in [0.15, 0.2) is 43.0 Å². The van der Waals surface area contributed by atoms with Crippen LogP contribution in [-0.2, 0) is 4.74 Å². The molecule has 1 saturated heterocycles. The van der Waals surface area contributed by atoms with Crippen molar-refractivity contribution in [2.75, 3.05) is 11.5 Å². The number of aromatic nitrogens is 4. The predicted molar refractivity (Wildman–Crippen MR) is 103 cm³/mol. The van der Waals surface area contributed by atoms with Crippen molar-refractivity contribution in [3.8, 4) is 0 Å². The van der Waals surface area contributed by atoms with E-state index in [4.69, 9.17) is 10.5 Å². The fourth-order valence-electron chi connectivity index (χ4n) is 3.21. The lowest BCUT2D eigenvalue weighted by atomic mass is 10.1. The number of aliphatic hydroxyl groups is 2. The highest BCUT2D eigenvalue weighted by Crippen LogP contribution is 2.36. The number of rotatable bonds is 5. The number of nitrogens with zero attached hydrogens (tertiary/aromatic N) is 4. The van der Waals surface area contributed by atoms with Crippen molar-refractivity contribution in [2.45, 2.75) is 36.7 Å². The van der Waals surface area contributed by atoms with Gasteiger partial charge in [0.25, 0.3) is 0 Å². The van der Waals surface area contributed by atoms with E-state index in [-0.39, 0.29) is 11.1 Å². The maximum Gasteiger partial charge on any atom is 0.167 e. The number of hydrogen-bond acceptors (Lipinski definition) is 8. The molecule has 0 aliphatic carbocycles. The van der Waals surface area contributed by atoms with E-state index in [0.717, 1.165) is 0 Å². The van der Waals surface area contributed by atoms with Crippen LogP contribution in [0.3, 0.4) is 0 Å². The van der Waals surface area contributed by atoms with Crippen LogP contribution in [0.4, 0.5) is 5.82 Å². The summed E-state index contributed by atoms with van der Waals surface area (Å²) in [6.07, 6.45) is -0.533. The first-order valence-corrected chi connectivity index (χ1v) is 9.72. The predicted octanol–water partition coefficient (Wildman–Crippen LogP) is 1.52. The highest BCUT2D eigenvalue weighted by atomic mass is 32.2. The van der Waals surface area contributed by atoms with E-state index in [2.05, 4.69) is 34.0 Å². The summed E-state index contributed by atoms with van der Waals surface area (Å²) in [6, 6.07) is 10.1. The minimum Gasteiger partial charge on any atom is -0.387 e. The van der Waals surface area contributed by atoms with Gasteiger partial charge in [-0.3, -0.25) is 4.57 Å². The van der Waals surface area contributed by atoms with Crippen molar-refractivity contribution in [2.24, 2.45) is 0 Å². The molecule has 0 amide bonds. The number of anilines is 1. The molecule has 4 rings (SSSR count). The summed E-state index contributed by atoms with van der Waals surface area (Å²) in [7, 11) is 0. The summed E-state index contributed by atoms with van der Waals surface area (Å²) < 4.78 is 7.56. The van der Waals surface area contributed by atoms with E-state index < -0.39 is 24.5 Å². The number of ether oxygens (including phenoxy) is 1. The molecule has 3 aromatic rings. The number of hydrogen-bond donors (Lipinski definition) is 3. The van der Waals surface area contributed by atoms with Gasteiger partial charge in [-0.25, -0.2) is 15.0 Å². The molecule has 4 N–H and O–H groups in total. The number of nitrogen functional groups attached to an aromatic ring is 1. The third-order valence-electron chi connectivity index (χ3n) is 4.78. The lowest BCUT2D eigenvalue weighted by Crippen LogP contribution is -2.32. The Balaban J connectivity index is 1.48. The minimum absolute atomic E-state index is 0.250. The zero-order chi connectivity index (χ0) is 19.0. The molecule has 27 heavy (non-hydrogen) atoms. The number of benzene rings is 1. The second-order valence-electron chi connectivity index (χ2n) is 6.52. The third kappa shape index (κ3) is 3.39. The Bertz CT molecular complexity index is 922. The van der Waals surface area contributed by atoms with Gasteiger partial charge >= 0.3 is 0 Å². The quantitative estimate of drug-likeness (QED) is 0.603. The topological polar surface area (TPSA) is 119 Å². The molecule has 0 spiro atoms. The average molecular weight is 387 g/mol. The summed E-state index contributed by atoms with van der Waals surface area (Å²) in [4.78, 5) is 12.3. The zero-order valence-corrected chi connectivity index (χ0v) is 15.5. The molecule has 1 aliphatic rings.